The molecule has 0 saturated carbocycles. The van der Waals surface area contributed by atoms with E-state index in [-0.39, 0.29) is 24.2 Å². The predicted molar refractivity (Wildman–Crippen MR) is 108 cm³/mol. The number of benzene rings is 2. The minimum Gasteiger partial charge on any atom is -0.399 e. The molecule has 1 saturated heterocycles. The minimum atomic E-state index is -0.346. The van der Waals surface area contributed by atoms with Crippen molar-refractivity contribution in [2.45, 2.75) is 0 Å². The number of hydrogen-bond acceptors (Lipinski definition) is 5. The van der Waals surface area contributed by atoms with Gasteiger partial charge in [0.15, 0.2) is 0 Å². The van der Waals surface area contributed by atoms with Crippen LogP contribution in [0.5, 0.6) is 0 Å². The highest BCUT2D eigenvalue weighted by atomic mass is 19.1. The minimum absolute atomic E-state index is 0.0318. The van der Waals surface area contributed by atoms with E-state index in [0.29, 0.717) is 37.4 Å². The molecule has 1 aliphatic rings. The molecule has 0 atom stereocenters. The van der Waals surface area contributed by atoms with Crippen LogP contribution in [-0.4, -0.2) is 67.7 Å². The highest BCUT2D eigenvalue weighted by molar-refractivity contribution is 5.95. The van der Waals surface area contributed by atoms with E-state index in [0.717, 1.165) is 5.56 Å². The Morgan fingerprint density at radius 3 is 2.34 bits per heavy atom. The molecule has 1 N–H and O–H groups in total. The van der Waals surface area contributed by atoms with Crippen molar-refractivity contribution in [1.82, 2.24) is 9.80 Å². The first-order valence-electron chi connectivity index (χ1n) is 9.29. The number of carbonyl (C=O) groups is 2. The van der Waals surface area contributed by atoms with Crippen molar-refractivity contribution in [2.75, 3.05) is 45.2 Å². The number of nitrogens with zero attached hydrogens (tertiary/aromatic N) is 3. The Labute approximate surface area is 168 Å². The fourth-order valence-electron chi connectivity index (χ4n) is 3.05. The summed E-state index contributed by atoms with van der Waals surface area (Å²) in [6.45, 7) is 2.56. The third-order valence-corrected chi connectivity index (χ3v) is 4.62. The normalized spacial score (nSPS) is 14.8. The Balaban J connectivity index is 1.47. The number of nitrogens with one attached hydrogen (secondary N) is 1. The van der Waals surface area contributed by atoms with E-state index < -0.39 is 0 Å². The molecule has 0 bridgehead atoms. The molecule has 3 rings (SSSR count). The summed E-state index contributed by atoms with van der Waals surface area (Å²) < 4.78 is 12.9. The molecule has 8 heteroatoms. The first-order valence-corrected chi connectivity index (χ1v) is 9.29. The van der Waals surface area contributed by atoms with E-state index >= 15 is 0 Å². The van der Waals surface area contributed by atoms with Crippen LogP contribution in [0.2, 0.25) is 0 Å². The van der Waals surface area contributed by atoms with Crippen LogP contribution in [0.15, 0.2) is 53.7 Å². The molecule has 0 aliphatic carbocycles. The maximum atomic E-state index is 12.9. The van der Waals surface area contributed by atoms with Crippen LogP contribution in [0.3, 0.4) is 0 Å². The maximum Gasteiger partial charge on any atom is 0.253 e. The number of piperazine rings is 1. The van der Waals surface area contributed by atoms with Crippen LogP contribution in [0.25, 0.3) is 0 Å². The number of oxime groups is 1. The smallest absolute Gasteiger partial charge is 0.253 e. The highest BCUT2D eigenvalue weighted by Gasteiger charge is 2.23. The van der Waals surface area contributed by atoms with Gasteiger partial charge < -0.3 is 15.1 Å². The van der Waals surface area contributed by atoms with Gasteiger partial charge in [-0.25, -0.2) is 4.39 Å². The predicted octanol–water partition coefficient (Wildman–Crippen LogP) is 2.20. The zero-order valence-corrected chi connectivity index (χ0v) is 16.2. The molecule has 0 aromatic heterocycles. The van der Waals surface area contributed by atoms with E-state index in [1.54, 1.807) is 23.2 Å². The van der Waals surface area contributed by atoms with Gasteiger partial charge in [0.2, 0.25) is 5.91 Å². The van der Waals surface area contributed by atoms with Gasteiger partial charge in [0.05, 0.1) is 12.8 Å². The number of halogens is 1. The Kier molecular flexibility index (Phi) is 6.91. The standard InChI is InChI=1S/C21H23FN4O3/c1-29-23-14-16-2-4-17(5-3-16)21(28)26-12-10-25(11-13-26)15-20(27)24-19-8-6-18(22)7-9-19/h2-9,14H,10-13,15H2,1H3,(H,24,27)/b23-14+. The number of anilines is 1. The van der Waals surface area contributed by atoms with Crippen LogP contribution >= 0.6 is 0 Å². The summed E-state index contributed by atoms with van der Waals surface area (Å²) in [4.78, 5) is 33.2. The molecule has 2 aromatic rings. The Morgan fingerprint density at radius 1 is 1.07 bits per heavy atom. The summed E-state index contributed by atoms with van der Waals surface area (Å²) in [5.74, 6) is -0.540. The summed E-state index contributed by atoms with van der Waals surface area (Å²) in [5.41, 5.74) is 2.02. The van der Waals surface area contributed by atoms with Gasteiger partial charge in [0, 0.05) is 37.4 Å². The molecule has 0 radical (unpaired) electrons. The summed E-state index contributed by atoms with van der Waals surface area (Å²) >= 11 is 0. The molecule has 29 heavy (non-hydrogen) atoms. The summed E-state index contributed by atoms with van der Waals surface area (Å²) in [6, 6.07) is 12.8. The lowest BCUT2D eigenvalue weighted by Gasteiger charge is -2.34. The number of rotatable bonds is 6. The number of hydrogen-bond donors (Lipinski definition) is 1. The van der Waals surface area contributed by atoms with Crippen molar-refractivity contribution >= 4 is 23.7 Å². The van der Waals surface area contributed by atoms with Crippen molar-refractivity contribution in [1.29, 1.82) is 0 Å². The van der Waals surface area contributed by atoms with Crippen molar-refractivity contribution in [3.63, 3.8) is 0 Å². The van der Waals surface area contributed by atoms with Crippen LogP contribution in [0.4, 0.5) is 10.1 Å². The van der Waals surface area contributed by atoms with Gasteiger partial charge in [-0.15, -0.1) is 0 Å². The van der Waals surface area contributed by atoms with Crippen LogP contribution in [0, 0.1) is 5.82 Å². The molecule has 152 valence electrons. The second-order valence-corrected chi connectivity index (χ2v) is 6.66. The molecule has 7 nitrogen and oxygen atoms in total. The van der Waals surface area contributed by atoms with E-state index in [2.05, 4.69) is 15.3 Å². The summed E-state index contributed by atoms with van der Waals surface area (Å²) in [7, 11) is 1.47. The van der Waals surface area contributed by atoms with E-state index in [1.807, 2.05) is 17.0 Å². The van der Waals surface area contributed by atoms with Gasteiger partial charge >= 0.3 is 0 Å². The largest absolute Gasteiger partial charge is 0.399 e. The average Bonchev–Trinajstić information content (AvgIpc) is 2.74. The van der Waals surface area contributed by atoms with E-state index in [1.165, 1.54) is 31.4 Å². The van der Waals surface area contributed by atoms with Crippen LogP contribution in [-0.2, 0) is 9.63 Å². The number of carbonyl (C=O) groups excluding carboxylic acids is 2. The Bertz CT molecular complexity index is 860. The van der Waals surface area contributed by atoms with Gasteiger partial charge in [-0.3, -0.25) is 14.5 Å². The maximum absolute atomic E-state index is 12.9. The van der Waals surface area contributed by atoms with E-state index in [4.69, 9.17) is 0 Å². The molecule has 1 aliphatic heterocycles. The lowest BCUT2D eigenvalue weighted by Crippen LogP contribution is -2.50. The third-order valence-electron chi connectivity index (χ3n) is 4.62. The fourth-order valence-corrected chi connectivity index (χ4v) is 3.05. The molecule has 2 amide bonds. The monoisotopic (exact) mass is 398 g/mol. The molecule has 0 unspecified atom stereocenters. The zero-order chi connectivity index (χ0) is 20.6. The lowest BCUT2D eigenvalue weighted by molar-refractivity contribution is -0.117. The zero-order valence-electron chi connectivity index (χ0n) is 16.2. The molecular formula is C21H23FN4O3. The van der Waals surface area contributed by atoms with Crippen molar-refractivity contribution in [3.8, 4) is 0 Å². The van der Waals surface area contributed by atoms with Gasteiger partial charge in [0.25, 0.3) is 5.91 Å². The van der Waals surface area contributed by atoms with Crippen molar-refractivity contribution < 1.29 is 18.8 Å². The molecular weight excluding hydrogens is 375 g/mol. The quantitative estimate of drug-likeness (QED) is 0.598. The van der Waals surface area contributed by atoms with E-state index in [9.17, 15) is 14.0 Å². The topological polar surface area (TPSA) is 74.2 Å². The van der Waals surface area contributed by atoms with Crippen LogP contribution < -0.4 is 5.32 Å². The second-order valence-electron chi connectivity index (χ2n) is 6.66. The Hall–Kier alpha value is -3.26. The lowest BCUT2D eigenvalue weighted by atomic mass is 10.1. The molecule has 1 heterocycles. The van der Waals surface area contributed by atoms with Gasteiger partial charge in [-0.2, -0.15) is 0 Å². The SMILES string of the molecule is CO/N=C/c1ccc(C(=O)N2CCN(CC(=O)Nc3ccc(F)cc3)CC2)cc1. The Morgan fingerprint density at radius 2 is 1.72 bits per heavy atom. The third kappa shape index (κ3) is 5.86. The first-order chi connectivity index (χ1) is 14.0. The molecule has 0 spiro atoms. The number of amides is 2. The van der Waals surface area contributed by atoms with Crippen LogP contribution in [0.1, 0.15) is 15.9 Å². The van der Waals surface area contributed by atoms with Gasteiger partial charge in [-0.1, -0.05) is 17.3 Å². The average molecular weight is 398 g/mol. The molecule has 2 aromatic carbocycles. The highest BCUT2D eigenvalue weighted by Crippen LogP contribution is 2.11. The summed E-state index contributed by atoms with van der Waals surface area (Å²) in [5, 5.41) is 6.44. The fraction of sp³-hybridized carbons (Fsp3) is 0.286. The van der Waals surface area contributed by atoms with Gasteiger partial charge in [-0.05, 0) is 42.0 Å². The van der Waals surface area contributed by atoms with Gasteiger partial charge in [0.1, 0.15) is 12.9 Å². The molecule has 1 fully saturated rings. The summed E-state index contributed by atoms with van der Waals surface area (Å²) in [6.07, 6.45) is 1.57. The van der Waals surface area contributed by atoms with Crippen molar-refractivity contribution in [2.24, 2.45) is 5.16 Å². The second kappa shape index (κ2) is 9.79. The first kappa shape index (κ1) is 20.5. The van der Waals surface area contributed by atoms with Crippen molar-refractivity contribution in [3.05, 3.63) is 65.5 Å².